The van der Waals surface area contributed by atoms with Gasteiger partial charge in [0, 0.05) is 6.42 Å². The zero-order chi connectivity index (χ0) is 19.4. The largest absolute Gasteiger partial charge is 0.469 e. The second kappa shape index (κ2) is 6.74. The zero-order valence-electron chi connectivity index (χ0n) is 17.6. The van der Waals surface area contributed by atoms with E-state index in [0.29, 0.717) is 30.1 Å². The Morgan fingerprint density at radius 1 is 1.19 bits per heavy atom. The standard InChI is InChI=1S/C24H36O3/c1-5-16-6-7-19-18-12-15(13-22(26)27-4)21-14-17(25)8-10-24(21,3)20(18)9-11-23(16,19)2/h14-16,18-20H,5-13H2,1-4H3. The van der Waals surface area contributed by atoms with Crippen LogP contribution in [0.15, 0.2) is 11.6 Å². The number of carbonyl (C=O) groups is 2. The topological polar surface area (TPSA) is 43.4 Å². The van der Waals surface area contributed by atoms with Crippen molar-refractivity contribution in [3.63, 3.8) is 0 Å². The van der Waals surface area contributed by atoms with Gasteiger partial charge in [0.15, 0.2) is 5.78 Å². The second-order valence-electron chi connectivity index (χ2n) is 10.3. The molecular formula is C24H36O3. The van der Waals surface area contributed by atoms with Crippen LogP contribution < -0.4 is 0 Å². The number of carbonyl (C=O) groups excluding carboxylic acids is 2. The van der Waals surface area contributed by atoms with Crippen LogP contribution in [0.2, 0.25) is 0 Å². The van der Waals surface area contributed by atoms with Crippen molar-refractivity contribution in [2.45, 2.75) is 78.6 Å². The van der Waals surface area contributed by atoms with E-state index >= 15 is 0 Å². The summed E-state index contributed by atoms with van der Waals surface area (Å²) in [5.41, 5.74) is 1.86. The summed E-state index contributed by atoms with van der Waals surface area (Å²) in [4.78, 5) is 24.4. The molecule has 0 aromatic carbocycles. The molecule has 4 aliphatic carbocycles. The van der Waals surface area contributed by atoms with Crippen molar-refractivity contribution in [3.05, 3.63) is 11.6 Å². The summed E-state index contributed by atoms with van der Waals surface area (Å²) < 4.78 is 5.02. The molecule has 3 nitrogen and oxygen atoms in total. The number of ether oxygens (including phenoxy) is 1. The number of hydrogen-bond acceptors (Lipinski definition) is 3. The molecule has 0 heterocycles. The number of methoxy groups -OCH3 is 1. The van der Waals surface area contributed by atoms with Crippen LogP contribution in [0.25, 0.3) is 0 Å². The van der Waals surface area contributed by atoms with Gasteiger partial charge in [-0.15, -0.1) is 0 Å². The van der Waals surface area contributed by atoms with Gasteiger partial charge in [0.2, 0.25) is 0 Å². The molecule has 7 atom stereocenters. The molecule has 0 amide bonds. The number of esters is 1. The van der Waals surface area contributed by atoms with E-state index in [4.69, 9.17) is 4.74 Å². The maximum Gasteiger partial charge on any atom is 0.306 e. The molecular weight excluding hydrogens is 336 g/mol. The van der Waals surface area contributed by atoms with Crippen LogP contribution in [0, 0.1) is 40.4 Å². The molecule has 4 aliphatic rings. The Hall–Kier alpha value is -1.12. The third kappa shape index (κ3) is 2.83. The molecule has 0 aromatic rings. The van der Waals surface area contributed by atoms with Crippen molar-refractivity contribution < 1.29 is 14.3 Å². The number of hydrogen-bond donors (Lipinski definition) is 0. The van der Waals surface area contributed by atoms with E-state index in [9.17, 15) is 9.59 Å². The normalized spacial score (nSPS) is 46.1. The summed E-state index contributed by atoms with van der Waals surface area (Å²) in [6.45, 7) is 7.32. The molecule has 3 saturated carbocycles. The van der Waals surface area contributed by atoms with E-state index in [1.165, 1.54) is 44.8 Å². The number of fused-ring (bicyclic) bond motifs is 5. The highest BCUT2D eigenvalue weighted by molar-refractivity contribution is 5.92. The fourth-order valence-corrected chi connectivity index (χ4v) is 8.04. The minimum absolute atomic E-state index is 0.0984. The van der Waals surface area contributed by atoms with Gasteiger partial charge in [0.25, 0.3) is 0 Å². The fourth-order valence-electron chi connectivity index (χ4n) is 8.04. The molecule has 0 N–H and O–H groups in total. The summed E-state index contributed by atoms with van der Waals surface area (Å²) in [5, 5.41) is 0. The number of rotatable bonds is 3. The predicted molar refractivity (Wildman–Crippen MR) is 106 cm³/mol. The summed E-state index contributed by atoms with van der Waals surface area (Å²) in [7, 11) is 1.48. The Bertz CT molecular complexity index is 665. The van der Waals surface area contributed by atoms with Crippen molar-refractivity contribution in [3.8, 4) is 0 Å². The number of allylic oxidation sites excluding steroid dienone is 1. The molecule has 0 aromatic heterocycles. The summed E-state index contributed by atoms with van der Waals surface area (Å²) in [5.74, 6) is 3.35. The van der Waals surface area contributed by atoms with Crippen LogP contribution in [-0.2, 0) is 14.3 Å². The molecule has 3 fully saturated rings. The third-order valence-corrected chi connectivity index (χ3v) is 9.45. The molecule has 27 heavy (non-hydrogen) atoms. The van der Waals surface area contributed by atoms with Crippen LogP contribution in [0.1, 0.15) is 78.6 Å². The van der Waals surface area contributed by atoms with Gasteiger partial charge in [-0.25, -0.2) is 0 Å². The lowest BCUT2D eigenvalue weighted by molar-refractivity contribution is -0.143. The molecule has 7 unspecified atom stereocenters. The van der Waals surface area contributed by atoms with Crippen LogP contribution in [0.5, 0.6) is 0 Å². The first-order chi connectivity index (χ1) is 12.8. The Kier molecular flexibility index (Phi) is 4.79. The van der Waals surface area contributed by atoms with Crippen LogP contribution in [-0.4, -0.2) is 18.9 Å². The van der Waals surface area contributed by atoms with Gasteiger partial charge in [0.05, 0.1) is 13.5 Å². The molecule has 3 heteroatoms. The van der Waals surface area contributed by atoms with Gasteiger partial charge >= 0.3 is 5.97 Å². The Labute approximate surface area is 164 Å². The maximum absolute atomic E-state index is 12.2. The molecule has 0 radical (unpaired) electrons. The van der Waals surface area contributed by atoms with Gasteiger partial charge in [-0.3, -0.25) is 9.59 Å². The SMILES string of the molecule is CCC1CCC2C3CC(CC(=O)OC)C4=CC(=O)CCC4(C)C3CCC12C. The van der Waals surface area contributed by atoms with Crippen molar-refractivity contribution in [2.75, 3.05) is 7.11 Å². The minimum atomic E-state index is -0.129. The highest BCUT2D eigenvalue weighted by Crippen LogP contribution is 2.68. The highest BCUT2D eigenvalue weighted by Gasteiger charge is 2.60. The van der Waals surface area contributed by atoms with Crippen LogP contribution in [0.3, 0.4) is 0 Å². The van der Waals surface area contributed by atoms with Gasteiger partial charge < -0.3 is 4.74 Å². The first-order valence-electron chi connectivity index (χ1n) is 11.1. The molecule has 150 valence electrons. The second-order valence-corrected chi connectivity index (χ2v) is 10.3. The van der Waals surface area contributed by atoms with Gasteiger partial charge in [-0.05, 0) is 85.0 Å². The van der Waals surface area contributed by atoms with Crippen molar-refractivity contribution >= 4 is 11.8 Å². The lowest BCUT2D eigenvalue weighted by atomic mass is 9.45. The fraction of sp³-hybridized carbons (Fsp3) is 0.833. The van der Waals surface area contributed by atoms with Crippen molar-refractivity contribution in [2.24, 2.45) is 40.4 Å². The minimum Gasteiger partial charge on any atom is -0.469 e. The van der Waals surface area contributed by atoms with Crippen LogP contribution >= 0.6 is 0 Å². The highest BCUT2D eigenvalue weighted by atomic mass is 16.5. The lowest BCUT2D eigenvalue weighted by Crippen LogP contribution is -2.52. The van der Waals surface area contributed by atoms with Crippen LogP contribution in [0.4, 0.5) is 0 Å². The molecule has 0 aliphatic heterocycles. The van der Waals surface area contributed by atoms with Gasteiger partial charge in [-0.2, -0.15) is 0 Å². The zero-order valence-corrected chi connectivity index (χ0v) is 17.6. The summed E-state index contributed by atoms with van der Waals surface area (Å²) in [6, 6.07) is 0. The predicted octanol–water partition coefficient (Wildman–Crippen LogP) is 5.33. The third-order valence-electron chi connectivity index (χ3n) is 9.45. The molecule has 0 bridgehead atoms. The Morgan fingerprint density at radius 2 is 1.96 bits per heavy atom. The molecule has 0 spiro atoms. The van der Waals surface area contributed by atoms with Crippen molar-refractivity contribution in [1.29, 1.82) is 0 Å². The van der Waals surface area contributed by atoms with E-state index in [1.54, 1.807) is 0 Å². The summed E-state index contributed by atoms with van der Waals surface area (Å²) in [6.07, 6.45) is 11.7. The number of ketones is 1. The van der Waals surface area contributed by atoms with E-state index in [1.807, 2.05) is 6.08 Å². The first-order valence-corrected chi connectivity index (χ1v) is 11.1. The average Bonchev–Trinajstić information content (AvgIpc) is 2.99. The maximum atomic E-state index is 12.2. The lowest BCUT2D eigenvalue weighted by Gasteiger charge is -2.60. The Morgan fingerprint density at radius 3 is 2.67 bits per heavy atom. The monoisotopic (exact) mass is 372 g/mol. The van der Waals surface area contributed by atoms with Crippen molar-refractivity contribution in [1.82, 2.24) is 0 Å². The molecule has 0 saturated heterocycles. The molecule has 4 rings (SSSR count). The first kappa shape index (κ1) is 19.2. The van der Waals surface area contributed by atoms with E-state index in [-0.39, 0.29) is 23.1 Å². The average molecular weight is 373 g/mol. The smallest absolute Gasteiger partial charge is 0.306 e. The quantitative estimate of drug-likeness (QED) is 0.629. The van der Waals surface area contributed by atoms with E-state index < -0.39 is 0 Å². The summed E-state index contributed by atoms with van der Waals surface area (Å²) >= 11 is 0. The van der Waals surface area contributed by atoms with E-state index in [2.05, 4.69) is 20.8 Å². The van der Waals surface area contributed by atoms with Gasteiger partial charge in [-0.1, -0.05) is 32.8 Å². The van der Waals surface area contributed by atoms with Gasteiger partial charge in [0.1, 0.15) is 0 Å². The van der Waals surface area contributed by atoms with E-state index in [0.717, 1.165) is 24.7 Å². The Balaban J connectivity index is 1.71.